The van der Waals surface area contributed by atoms with Gasteiger partial charge in [-0.3, -0.25) is 10.1 Å². The predicted molar refractivity (Wildman–Crippen MR) is 81.2 cm³/mol. The molecule has 0 heterocycles. The molecule has 0 atom stereocenters. The summed E-state index contributed by atoms with van der Waals surface area (Å²) < 4.78 is 0.730. The third-order valence-electron chi connectivity index (χ3n) is 2.66. The summed E-state index contributed by atoms with van der Waals surface area (Å²) >= 11 is 9.15. The Morgan fingerprint density at radius 1 is 1.30 bits per heavy atom. The molecule has 0 aromatic heterocycles. The summed E-state index contributed by atoms with van der Waals surface area (Å²) in [5.74, 6) is 0.0203. The molecular formula is C13H10BrClN2O3. The first kappa shape index (κ1) is 14.6. The van der Waals surface area contributed by atoms with Crippen LogP contribution in [-0.4, -0.2) is 10.0 Å². The molecule has 0 amide bonds. The number of nitrogens with one attached hydrogen (secondary N) is 1. The summed E-state index contributed by atoms with van der Waals surface area (Å²) in [6, 6.07) is 9.35. The SMILES string of the molecule is O=[N+]([O-])c1ccc(Br)c(NCc2ccc(O)c(Cl)c2)c1. The van der Waals surface area contributed by atoms with Crippen LogP contribution in [0.2, 0.25) is 5.02 Å². The van der Waals surface area contributed by atoms with Crippen molar-refractivity contribution >= 4 is 38.9 Å². The standard InChI is InChI=1S/C13H10BrClN2O3/c14-10-3-2-9(17(19)20)6-12(10)16-7-8-1-4-13(18)11(15)5-8/h1-6,16,18H,7H2. The van der Waals surface area contributed by atoms with Crippen LogP contribution >= 0.6 is 27.5 Å². The van der Waals surface area contributed by atoms with Crippen LogP contribution in [0.1, 0.15) is 5.56 Å². The number of rotatable bonds is 4. The molecule has 0 aliphatic heterocycles. The molecule has 2 rings (SSSR count). The lowest BCUT2D eigenvalue weighted by atomic mass is 10.2. The number of benzene rings is 2. The number of hydrogen-bond donors (Lipinski definition) is 2. The third kappa shape index (κ3) is 3.40. The van der Waals surface area contributed by atoms with E-state index in [2.05, 4.69) is 21.2 Å². The summed E-state index contributed by atoms with van der Waals surface area (Å²) in [6.07, 6.45) is 0. The van der Waals surface area contributed by atoms with Gasteiger partial charge in [0.25, 0.3) is 5.69 Å². The largest absolute Gasteiger partial charge is 0.506 e. The fourth-order valence-electron chi connectivity index (χ4n) is 1.62. The number of nitro benzene ring substituents is 1. The van der Waals surface area contributed by atoms with Crippen LogP contribution in [0.3, 0.4) is 0 Å². The van der Waals surface area contributed by atoms with E-state index in [1.54, 1.807) is 18.2 Å². The molecule has 0 saturated carbocycles. The van der Waals surface area contributed by atoms with Gasteiger partial charge < -0.3 is 10.4 Å². The monoisotopic (exact) mass is 356 g/mol. The minimum atomic E-state index is -0.449. The van der Waals surface area contributed by atoms with E-state index in [0.29, 0.717) is 12.2 Å². The Labute approximate surface area is 128 Å². The number of halogens is 2. The first-order chi connectivity index (χ1) is 9.47. The minimum absolute atomic E-state index is 0.0134. The van der Waals surface area contributed by atoms with Crippen molar-refractivity contribution in [2.24, 2.45) is 0 Å². The number of non-ortho nitro benzene ring substituents is 1. The summed E-state index contributed by atoms with van der Waals surface area (Å²) in [6.45, 7) is 0.430. The molecule has 5 nitrogen and oxygen atoms in total. The van der Waals surface area contributed by atoms with E-state index in [9.17, 15) is 15.2 Å². The highest BCUT2D eigenvalue weighted by Gasteiger charge is 2.09. The Hall–Kier alpha value is -1.79. The van der Waals surface area contributed by atoms with Crippen molar-refractivity contribution in [1.29, 1.82) is 0 Å². The number of phenolic OH excluding ortho intramolecular Hbond substituents is 1. The van der Waals surface area contributed by atoms with Crippen molar-refractivity contribution in [3.8, 4) is 5.75 Å². The van der Waals surface area contributed by atoms with Gasteiger partial charge in [0.2, 0.25) is 0 Å². The molecule has 2 N–H and O–H groups in total. The Bertz CT molecular complexity index is 664. The van der Waals surface area contributed by atoms with Crippen molar-refractivity contribution in [2.75, 3.05) is 5.32 Å². The number of anilines is 1. The number of phenols is 1. The maximum atomic E-state index is 10.7. The van der Waals surface area contributed by atoms with Crippen LogP contribution in [0.5, 0.6) is 5.75 Å². The molecule has 0 fully saturated rings. The number of nitrogens with zero attached hydrogens (tertiary/aromatic N) is 1. The van der Waals surface area contributed by atoms with Crippen LogP contribution in [-0.2, 0) is 6.54 Å². The molecular weight excluding hydrogens is 348 g/mol. The van der Waals surface area contributed by atoms with Crippen molar-refractivity contribution in [2.45, 2.75) is 6.54 Å². The smallest absolute Gasteiger partial charge is 0.271 e. The fraction of sp³-hybridized carbons (Fsp3) is 0.0769. The van der Waals surface area contributed by atoms with Crippen LogP contribution in [0.25, 0.3) is 0 Å². The molecule has 7 heteroatoms. The maximum absolute atomic E-state index is 10.7. The minimum Gasteiger partial charge on any atom is -0.506 e. The zero-order valence-corrected chi connectivity index (χ0v) is 12.5. The Balaban J connectivity index is 2.15. The Morgan fingerprint density at radius 3 is 2.70 bits per heavy atom. The van der Waals surface area contributed by atoms with Gasteiger partial charge in [0.05, 0.1) is 15.6 Å². The van der Waals surface area contributed by atoms with Crippen molar-refractivity contribution < 1.29 is 10.0 Å². The lowest BCUT2D eigenvalue weighted by Gasteiger charge is -2.09. The van der Waals surface area contributed by atoms with E-state index in [4.69, 9.17) is 11.6 Å². The number of hydrogen-bond acceptors (Lipinski definition) is 4. The van der Waals surface area contributed by atoms with Gasteiger partial charge >= 0.3 is 0 Å². The van der Waals surface area contributed by atoms with Crippen LogP contribution in [0.15, 0.2) is 40.9 Å². The molecule has 2 aromatic rings. The molecule has 0 unspecified atom stereocenters. The topological polar surface area (TPSA) is 75.4 Å². The molecule has 0 saturated heterocycles. The highest BCUT2D eigenvalue weighted by Crippen LogP contribution is 2.28. The van der Waals surface area contributed by atoms with Gasteiger partial charge in [-0.15, -0.1) is 0 Å². The number of aromatic hydroxyl groups is 1. The van der Waals surface area contributed by atoms with Gasteiger partial charge in [0.1, 0.15) is 5.75 Å². The molecule has 104 valence electrons. The first-order valence-electron chi connectivity index (χ1n) is 5.62. The van der Waals surface area contributed by atoms with E-state index in [0.717, 1.165) is 10.0 Å². The predicted octanol–water partition coefficient (Wildman–Crippen LogP) is 4.33. The summed E-state index contributed by atoms with van der Waals surface area (Å²) in [7, 11) is 0. The van der Waals surface area contributed by atoms with Crippen LogP contribution < -0.4 is 5.32 Å². The zero-order chi connectivity index (χ0) is 14.7. The maximum Gasteiger partial charge on any atom is 0.271 e. The van der Waals surface area contributed by atoms with Crippen molar-refractivity contribution in [3.05, 3.63) is 61.6 Å². The van der Waals surface area contributed by atoms with Gasteiger partial charge in [-0.1, -0.05) is 17.7 Å². The van der Waals surface area contributed by atoms with Crippen LogP contribution in [0.4, 0.5) is 11.4 Å². The lowest BCUT2D eigenvalue weighted by molar-refractivity contribution is -0.384. The van der Waals surface area contributed by atoms with E-state index in [-0.39, 0.29) is 16.5 Å². The molecule has 0 spiro atoms. The van der Waals surface area contributed by atoms with Gasteiger partial charge in [0.15, 0.2) is 0 Å². The molecule has 0 aliphatic carbocycles. The summed E-state index contributed by atoms with van der Waals surface area (Å²) in [5, 5.41) is 23.4. The van der Waals surface area contributed by atoms with Gasteiger partial charge in [0, 0.05) is 23.2 Å². The fourth-order valence-corrected chi connectivity index (χ4v) is 2.21. The number of nitro groups is 1. The summed E-state index contributed by atoms with van der Waals surface area (Å²) in [4.78, 5) is 10.3. The third-order valence-corrected chi connectivity index (χ3v) is 3.65. The average Bonchev–Trinajstić information content (AvgIpc) is 2.41. The van der Waals surface area contributed by atoms with Gasteiger partial charge in [-0.05, 0) is 39.7 Å². The molecule has 2 aromatic carbocycles. The van der Waals surface area contributed by atoms with Gasteiger partial charge in [-0.25, -0.2) is 0 Å². The molecule has 0 radical (unpaired) electrons. The van der Waals surface area contributed by atoms with Crippen molar-refractivity contribution in [1.82, 2.24) is 0 Å². The molecule has 0 bridgehead atoms. The highest BCUT2D eigenvalue weighted by atomic mass is 79.9. The second kappa shape index (κ2) is 6.11. The van der Waals surface area contributed by atoms with Crippen molar-refractivity contribution in [3.63, 3.8) is 0 Å². The Kier molecular flexibility index (Phi) is 4.46. The molecule has 0 aliphatic rings. The lowest BCUT2D eigenvalue weighted by Crippen LogP contribution is -2.01. The summed E-state index contributed by atoms with van der Waals surface area (Å²) in [5.41, 5.74) is 1.48. The van der Waals surface area contributed by atoms with Crippen LogP contribution in [0, 0.1) is 10.1 Å². The first-order valence-corrected chi connectivity index (χ1v) is 6.79. The van der Waals surface area contributed by atoms with E-state index in [1.807, 2.05) is 0 Å². The zero-order valence-electron chi connectivity index (χ0n) is 10.1. The second-order valence-electron chi connectivity index (χ2n) is 4.06. The second-order valence-corrected chi connectivity index (χ2v) is 5.32. The molecule has 20 heavy (non-hydrogen) atoms. The Morgan fingerprint density at radius 2 is 2.05 bits per heavy atom. The van der Waals surface area contributed by atoms with E-state index in [1.165, 1.54) is 18.2 Å². The van der Waals surface area contributed by atoms with Gasteiger partial charge in [-0.2, -0.15) is 0 Å². The van der Waals surface area contributed by atoms with E-state index < -0.39 is 4.92 Å². The normalized spacial score (nSPS) is 10.3. The van der Waals surface area contributed by atoms with E-state index >= 15 is 0 Å². The average molecular weight is 358 g/mol. The highest BCUT2D eigenvalue weighted by molar-refractivity contribution is 9.10. The quantitative estimate of drug-likeness (QED) is 0.631.